The summed E-state index contributed by atoms with van der Waals surface area (Å²) in [7, 11) is 0. The minimum absolute atomic E-state index is 0.229. The highest BCUT2D eigenvalue weighted by Gasteiger charge is 2.28. The summed E-state index contributed by atoms with van der Waals surface area (Å²) < 4.78 is 0. The lowest BCUT2D eigenvalue weighted by Crippen LogP contribution is -2.38. The van der Waals surface area contributed by atoms with Gasteiger partial charge in [0, 0.05) is 5.92 Å². The van der Waals surface area contributed by atoms with E-state index in [1.807, 2.05) is 13.8 Å². The Morgan fingerprint density at radius 3 is 2.25 bits per heavy atom. The second kappa shape index (κ2) is 4.04. The topological polar surface area (TPSA) is 43.1 Å². The van der Waals surface area contributed by atoms with Gasteiger partial charge < -0.3 is 5.73 Å². The van der Waals surface area contributed by atoms with Crippen LogP contribution in [0.5, 0.6) is 0 Å². The first-order valence-corrected chi connectivity index (χ1v) is 4.92. The van der Waals surface area contributed by atoms with Gasteiger partial charge in [0.2, 0.25) is 0 Å². The molecule has 1 aliphatic carbocycles. The van der Waals surface area contributed by atoms with E-state index in [1.165, 1.54) is 12.8 Å². The molecule has 1 fully saturated rings. The highest BCUT2D eigenvalue weighted by Crippen LogP contribution is 2.27. The minimum atomic E-state index is -0.229. The van der Waals surface area contributed by atoms with Gasteiger partial charge in [-0.25, -0.2) is 0 Å². The molecule has 1 aliphatic rings. The molecule has 0 bridgehead atoms. The summed E-state index contributed by atoms with van der Waals surface area (Å²) in [6.07, 6.45) is 4.56. The van der Waals surface area contributed by atoms with E-state index in [2.05, 4.69) is 0 Å². The number of carbonyl (C=O) groups excluding carboxylic acids is 1. The molecule has 0 aromatic heterocycles. The zero-order chi connectivity index (χ0) is 9.14. The van der Waals surface area contributed by atoms with Crippen molar-refractivity contribution in [2.45, 2.75) is 45.6 Å². The fraction of sp³-hybridized carbons (Fsp3) is 0.900. The van der Waals surface area contributed by atoms with E-state index in [0.29, 0.717) is 5.78 Å². The Hall–Kier alpha value is -0.370. The first kappa shape index (κ1) is 9.72. The zero-order valence-electron chi connectivity index (χ0n) is 8.05. The molecule has 1 unspecified atom stereocenters. The Kier molecular flexibility index (Phi) is 3.27. The van der Waals surface area contributed by atoms with E-state index in [4.69, 9.17) is 5.73 Å². The van der Waals surface area contributed by atoms with Gasteiger partial charge in [0.05, 0.1) is 6.04 Å². The summed E-state index contributed by atoms with van der Waals surface area (Å²) in [5.41, 5.74) is 5.79. The summed E-state index contributed by atoms with van der Waals surface area (Å²) in [5, 5.41) is 0. The number of hydrogen-bond donors (Lipinski definition) is 1. The van der Waals surface area contributed by atoms with Crippen LogP contribution >= 0.6 is 0 Å². The number of carbonyl (C=O) groups is 1. The van der Waals surface area contributed by atoms with Crippen molar-refractivity contribution in [3.8, 4) is 0 Å². The lowest BCUT2D eigenvalue weighted by atomic mass is 9.91. The van der Waals surface area contributed by atoms with Crippen molar-refractivity contribution in [2.75, 3.05) is 0 Å². The van der Waals surface area contributed by atoms with E-state index in [9.17, 15) is 4.79 Å². The molecule has 1 atom stereocenters. The molecule has 70 valence electrons. The monoisotopic (exact) mass is 169 g/mol. The molecule has 0 heterocycles. The van der Waals surface area contributed by atoms with Crippen LogP contribution in [0.15, 0.2) is 0 Å². The quantitative estimate of drug-likeness (QED) is 0.699. The molecular formula is C10H19NO. The third kappa shape index (κ3) is 2.07. The Labute approximate surface area is 74.5 Å². The SMILES string of the molecule is CC(C)C(N)C(=O)C1CCCC1. The molecule has 12 heavy (non-hydrogen) atoms. The van der Waals surface area contributed by atoms with Gasteiger partial charge in [-0.2, -0.15) is 0 Å². The van der Waals surface area contributed by atoms with Crippen molar-refractivity contribution in [1.82, 2.24) is 0 Å². The smallest absolute Gasteiger partial charge is 0.152 e. The fourth-order valence-electron chi connectivity index (χ4n) is 1.81. The number of nitrogens with two attached hydrogens (primary N) is 1. The number of hydrogen-bond acceptors (Lipinski definition) is 2. The minimum Gasteiger partial charge on any atom is -0.321 e. The highest BCUT2D eigenvalue weighted by atomic mass is 16.1. The van der Waals surface area contributed by atoms with Gasteiger partial charge in [-0.15, -0.1) is 0 Å². The molecule has 0 aromatic carbocycles. The molecule has 0 aromatic rings. The van der Waals surface area contributed by atoms with Crippen LogP contribution in [0.25, 0.3) is 0 Å². The highest BCUT2D eigenvalue weighted by molar-refractivity contribution is 5.86. The van der Waals surface area contributed by atoms with Crippen LogP contribution in [0.3, 0.4) is 0 Å². The van der Waals surface area contributed by atoms with E-state index < -0.39 is 0 Å². The van der Waals surface area contributed by atoms with Gasteiger partial charge in [0.25, 0.3) is 0 Å². The summed E-state index contributed by atoms with van der Waals surface area (Å²) in [4.78, 5) is 11.7. The molecule has 0 spiro atoms. The molecule has 0 amide bonds. The third-order valence-corrected chi connectivity index (χ3v) is 2.80. The van der Waals surface area contributed by atoms with Gasteiger partial charge in [0.15, 0.2) is 5.78 Å². The maximum atomic E-state index is 11.7. The zero-order valence-corrected chi connectivity index (χ0v) is 8.05. The molecule has 2 N–H and O–H groups in total. The van der Waals surface area contributed by atoms with Gasteiger partial charge in [0.1, 0.15) is 0 Å². The molecule has 0 radical (unpaired) electrons. The van der Waals surface area contributed by atoms with Crippen molar-refractivity contribution in [2.24, 2.45) is 17.6 Å². The van der Waals surface area contributed by atoms with Crippen LogP contribution in [0.2, 0.25) is 0 Å². The van der Waals surface area contributed by atoms with Crippen LogP contribution in [0.1, 0.15) is 39.5 Å². The van der Waals surface area contributed by atoms with Crippen molar-refractivity contribution in [1.29, 1.82) is 0 Å². The lowest BCUT2D eigenvalue weighted by Gasteiger charge is -2.17. The average molecular weight is 169 g/mol. The summed E-state index contributed by atoms with van der Waals surface area (Å²) in [6, 6.07) is -0.229. The number of rotatable bonds is 3. The van der Waals surface area contributed by atoms with Gasteiger partial charge in [-0.3, -0.25) is 4.79 Å². The average Bonchev–Trinajstić information content (AvgIpc) is 2.53. The molecule has 1 rings (SSSR count). The van der Waals surface area contributed by atoms with Crippen molar-refractivity contribution >= 4 is 5.78 Å². The molecule has 1 saturated carbocycles. The molecule has 0 saturated heterocycles. The van der Waals surface area contributed by atoms with Crippen LogP contribution in [0, 0.1) is 11.8 Å². The largest absolute Gasteiger partial charge is 0.321 e. The van der Waals surface area contributed by atoms with Crippen LogP contribution in [-0.4, -0.2) is 11.8 Å². The van der Waals surface area contributed by atoms with Crippen LogP contribution in [0.4, 0.5) is 0 Å². The van der Waals surface area contributed by atoms with Gasteiger partial charge in [-0.05, 0) is 18.8 Å². The molecule has 2 heteroatoms. The van der Waals surface area contributed by atoms with E-state index >= 15 is 0 Å². The fourth-order valence-corrected chi connectivity index (χ4v) is 1.81. The molecule has 2 nitrogen and oxygen atoms in total. The maximum Gasteiger partial charge on any atom is 0.152 e. The van der Waals surface area contributed by atoms with Crippen LogP contribution in [-0.2, 0) is 4.79 Å². The third-order valence-electron chi connectivity index (χ3n) is 2.80. The first-order valence-electron chi connectivity index (χ1n) is 4.92. The van der Waals surface area contributed by atoms with Crippen molar-refractivity contribution in [3.63, 3.8) is 0 Å². The number of Topliss-reactive ketones (excluding diaryl/α,β-unsaturated/α-hetero) is 1. The second-order valence-corrected chi connectivity index (χ2v) is 4.15. The van der Waals surface area contributed by atoms with Gasteiger partial charge in [-0.1, -0.05) is 26.7 Å². The predicted molar refractivity (Wildman–Crippen MR) is 49.8 cm³/mol. The first-order chi connectivity index (χ1) is 5.63. The molecule has 0 aliphatic heterocycles. The van der Waals surface area contributed by atoms with E-state index in [0.717, 1.165) is 12.8 Å². The standard InChI is InChI=1S/C10H19NO/c1-7(2)9(11)10(12)8-5-3-4-6-8/h7-9H,3-6,11H2,1-2H3. The van der Waals surface area contributed by atoms with E-state index in [1.54, 1.807) is 0 Å². The van der Waals surface area contributed by atoms with Crippen molar-refractivity contribution < 1.29 is 4.79 Å². The summed E-state index contributed by atoms with van der Waals surface area (Å²) >= 11 is 0. The molecular weight excluding hydrogens is 150 g/mol. The predicted octanol–water partition coefficient (Wildman–Crippen LogP) is 1.73. The Morgan fingerprint density at radius 2 is 1.83 bits per heavy atom. The van der Waals surface area contributed by atoms with Crippen LogP contribution < -0.4 is 5.73 Å². The Balaban J connectivity index is 2.45. The van der Waals surface area contributed by atoms with Crippen molar-refractivity contribution in [3.05, 3.63) is 0 Å². The lowest BCUT2D eigenvalue weighted by molar-refractivity contribution is -0.124. The number of ketones is 1. The summed E-state index contributed by atoms with van der Waals surface area (Å²) in [6.45, 7) is 4.02. The maximum absolute atomic E-state index is 11.7. The van der Waals surface area contributed by atoms with E-state index in [-0.39, 0.29) is 17.9 Å². The second-order valence-electron chi connectivity index (χ2n) is 4.15. The Bertz CT molecular complexity index is 155. The summed E-state index contributed by atoms with van der Waals surface area (Å²) in [5.74, 6) is 0.864. The van der Waals surface area contributed by atoms with Gasteiger partial charge >= 0.3 is 0 Å². The Morgan fingerprint density at radius 1 is 1.33 bits per heavy atom. The normalized spacial score (nSPS) is 21.7.